The molecule has 0 radical (unpaired) electrons. The summed E-state index contributed by atoms with van der Waals surface area (Å²) in [5, 5.41) is 0. The Morgan fingerprint density at radius 2 is 1.95 bits per heavy atom. The normalized spacial score (nSPS) is 21.4. The van der Waals surface area contributed by atoms with Crippen LogP contribution in [0.15, 0.2) is 24.3 Å². The molecule has 1 aliphatic carbocycles. The van der Waals surface area contributed by atoms with E-state index in [9.17, 15) is 9.59 Å². The van der Waals surface area contributed by atoms with Gasteiger partial charge in [-0.1, -0.05) is 24.3 Å². The van der Waals surface area contributed by atoms with E-state index < -0.39 is 0 Å². The molecule has 2 aliphatic rings. The van der Waals surface area contributed by atoms with Crippen molar-refractivity contribution in [3.8, 4) is 0 Å². The number of amides is 1. The van der Waals surface area contributed by atoms with Crippen molar-refractivity contribution in [2.45, 2.75) is 32.1 Å². The largest absolute Gasteiger partial charge is 0.466 e. The van der Waals surface area contributed by atoms with Crippen LogP contribution < -0.4 is 0 Å². The van der Waals surface area contributed by atoms with Gasteiger partial charge in [-0.05, 0) is 37.3 Å². The molecule has 0 N–H and O–H groups in total. The van der Waals surface area contributed by atoms with Crippen molar-refractivity contribution < 1.29 is 14.3 Å². The monoisotopic (exact) mass is 287 g/mol. The average molecular weight is 287 g/mol. The molecular formula is C17H21NO3. The van der Waals surface area contributed by atoms with Gasteiger partial charge in [-0.2, -0.15) is 0 Å². The molecule has 1 saturated heterocycles. The minimum absolute atomic E-state index is 0.0281. The van der Waals surface area contributed by atoms with Gasteiger partial charge in [-0.25, -0.2) is 0 Å². The van der Waals surface area contributed by atoms with Gasteiger partial charge < -0.3 is 9.64 Å². The Morgan fingerprint density at radius 3 is 2.62 bits per heavy atom. The molecule has 1 aromatic carbocycles. The molecule has 3 rings (SSSR count). The maximum Gasteiger partial charge on any atom is 0.309 e. The Balaban J connectivity index is 1.56. The van der Waals surface area contributed by atoms with Crippen LogP contribution in [-0.4, -0.2) is 36.5 Å². The summed E-state index contributed by atoms with van der Waals surface area (Å²) < 4.78 is 5.06. The first-order valence-corrected chi connectivity index (χ1v) is 7.74. The highest BCUT2D eigenvalue weighted by Gasteiger charge is 2.36. The number of piperidine rings is 1. The molecule has 1 fully saturated rings. The van der Waals surface area contributed by atoms with Gasteiger partial charge in [0.05, 0.1) is 18.4 Å². The van der Waals surface area contributed by atoms with E-state index in [-0.39, 0.29) is 23.7 Å². The second-order valence-corrected chi connectivity index (χ2v) is 5.81. The highest BCUT2D eigenvalue weighted by atomic mass is 16.5. The van der Waals surface area contributed by atoms with E-state index in [1.165, 1.54) is 11.1 Å². The highest BCUT2D eigenvalue weighted by Crippen LogP contribution is 2.36. The van der Waals surface area contributed by atoms with Gasteiger partial charge in [0.2, 0.25) is 5.91 Å². The van der Waals surface area contributed by atoms with Crippen LogP contribution >= 0.6 is 0 Å². The number of carbonyl (C=O) groups excluding carboxylic acids is 2. The summed E-state index contributed by atoms with van der Waals surface area (Å²) in [6.07, 6.45) is 2.30. The summed E-state index contributed by atoms with van der Waals surface area (Å²) >= 11 is 0. The van der Waals surface area contributed by atoms with Crippen LogP contribution in [-0.2, 0) is 20.7 Å². The van der Waals surface area contributed by atoms with E-state index in [2.05, 4.69) is 6.07 Å². The Morgan fingerprint density at radius 1 is 1.24 bits per heavy atom. The van der Waals surface area contributed by atoms with Crippen molar-refractivity contribution >= 4 is 11.9 Å². The number of likely N-dealkylation sites (tertiary alicyclic amines) is 1. The molecule has 1 amide bonds. The van der Waals surface area contributed by atoms with Crippen LogP contribution in [0.3, 0.4) is 0 Å². The zero-order valence-corrected chi connectivity index (χ0v) is 12.4. The van der Waals surface area contributed by atoms with Gasteiger partial charge in [0, 0.05) is 13.1 Å². The first kappa shape index (κ1) is 14.1. The van der Waals surface area contributed by atoms with Crippen molar-refractivity contribution in [1.29, 1.82) is 0 Å². The highest BCUT2D eigenvalue weighted by molar-refractivity contribution is 5.87. The molecule has 4 nitrogen and oxygen atoms in total. The van der Waals surface area contributed by atoms with E-state index in [1.54, 1.807) is 0 Å². The fraction of sp³-hybridized carbons (Fsp3) is 0.529. The van der Waals surface area contributed by atoms with Gasteiger partial charge in [-0.3, -0.25) is 9.59 Å². The van der Waals surface area contributed by atoms with E-state index in [4.69, 9.17) is 4.74 Å². The lowest BCUT2D eigenvalue weighted by atomic mass is 9.76. The first-order valence-electron chi connectivity index (χ1n) is 7.74. The summed E-state index contributed by atoms with van der Waals surface area (Å²) in [5.41, 5.74) is 2.47. The second kappa shape index (κ2) is 5.88. The van der Waals surface area contributed by atoms with Crippen LogP contribution in [0.1, 0.15) is 36.8 Å². The Hall–Kier alpha value is -1.84. The summed E-state index contributed by atoms with van der Waals surface area (Å²) in [4.78, 5) is 26.2. The van der Waals surface area contributed by atoms with Crippen molar-refractivity contribution in [3.63, 3.8) is 0 Å². The number of esters is 1. The minimum atomic E-state index is -0.112. The number of hydrogen-bond acceptors (Lipinski definition) is 3. The summed E-state index contributed by atoms with van der Waals surface area (Å²) in [6.45, 7) is 3.59. The van der Waals surface area contributed by atoms with Crippen molar-refractivity contribution in [1.82, 2.24) is 4.90 Å². The minimum Gasteiger partial charge on any atom is -0.466 e. The zero-order chi connectivity index (χ0) is 14.8. The van der Waals surface area contributed by atoms with Crippen LogP contribution in [0.2, 0.25) is 0 Å². The van der Waals surface area contributed by atoms with Gasteiger partial charge >= 0.3 is 5.97 Å². The van der Waals surface area contributed by atoms with Gasteiger partial charge in [0.1, 0.15) is 0 Å². The van der Waals surface area contributed by atoms with Gasteiger partial charge in [0.15, 0.2) is 0 Å². The van der Waals surface area contributed by atoms with Gasteiger partial charge in [0.25, 0.3) is 0 Å². The second-order valence-electron chi connectivity index (χ2n) is 5.81. The topological polar surface area (TPSA) is 46.6 Å². The molecule has 0 saturated carbocycles. The van der Waals surface area contributed by atoms with Gasteiger partial charge in [-0.15, -0.1) is 0 Å². The number of carbonyl (C=O) groups is 2. The third kappa shape index (κ3) is 2.67. The van der Waals surface area contributed by atoms with Crippen LogP contribution in [0.4, 0.5) is 0 Å². The van der Waals surface area contributed by atoms with E-state index in [0.717, 1.165) is 19.3 Å². The van der Waals surface area contributed by atoms with E-state index in [1.807, 2.05) is 30.0 Å². The van der Waals surface area contributed by atoms with Crippen molar-refractivity contribution in [2.75, 3.05) is 19.7 Å². The Labute approximate surface area is 125 Å². The molecule has 4 heteroatoms. The molecule has 0 spiro atoms. The predicted octanol–water partition coefficient (Wildman–Crippen LogP) is 2.13. The molecule has 21 heavy (non-hydrogen) atoms. The number of fused-ring (bicyclic) bond motifs is 1. The first-order chi connectivity index (χ1) is 10.2. The number of ether oxygens (including phenoxy) is 1. The van der Waals surface area contributed by atoms with Crippen molar-refractivity contribution in [2.24, 2.45) is 5.92 Å². The molecule has 0 aromatic heterocycles. The third-order valence-electron chi connectivity index (χ3n) is 4.58. The number of nitrogens with zero attached hydrogens (tertiary/aromatic N) is 1. The lowest BCUT2D eigenvalue weighted by Gasteiger charge is -2.37. The van der Waals surface area contributed by atoms with Crippen molar-refractivity contribution in [3.05, 3.63) is 35.4 Å². The average Bonchev–Trinajstić information content (AvgIpc) is 2.49. The Kier molecular flexibility index (Phi) is 3.95. The van der Waals surface area contributed by atoms with E-state index in [0.29, 0.717) is 19.7 Å². The van der Waals surface area contributed by atoms with Crippen LogP contribution in [0.25, 0.3) is 0 Å². The molecule has 112 valence electrons. The molecular weight excluding hydrogens is 266 g/mol. The summed E-state index contributed by atoms with van der Waals surface area (Å²) in [5.74, 6) is 0.0950. The maximum absolute atomic E-state index is 12.6. The fourth-order valence-corrected chi connectivity index (χ4v) is 3.30. The standard InChI is InChI=1S/C17H21NO3/c1-2-21-17(20)12-7-9-18(10-8-12)16(19)15-11-13-5-3-4-6-14(13)15/h3-6,12,15H,2,7-11H2,1H3. The van der Waals surface area contributed by atoms with Crippen LogP contribution in [0, 0.1) is 5.92 Å². The smallest absolute Gasteiger partial charge is 0.309 e. The SMILES string of the molecule is CCOC(=O)C1CCN(C(=O)C2Cc3ccccc32)CC1. The summed E-state index contributed by atoms with van der Waals surface area (Å²) in [6, 6.07) is 8.15. The number of hydrogen-bond donors (Lipinski definition) is 0. The maximum atomic E-state index is 12.6. The number of rotatable bonds is 3. The quantitative estimate of drug-likeness (QED) is 0.800. The fourth-order valence-electron chi connectivity index (χ4n) is 3.30. The van der Waals surface area contributed by atoms with Crippen LogP contribution in [0.5, 0.6) is 0 Å². The molecule has 1 aliphatic heterocycles. The lowest BCUT2D eigenvalue weighted by molar-refractivity contribution is -0.151. The molecule has 0 bridgehead atoms. The Bertz CT molecular complexity index is 547. The van der Waals surface area contributed by atoms with E-state index >= 15 is 0 Å². The number of benzene rings is 1. The molecule has 1 heterocycles. The predicted molar refractivity (Wildman–Crippen MR) is 78.8 cm³/mol. The summed E-state index contributed by atoms with van der Waals surface area (Å²) in [7, 11) is 0. The molecule has 1 aromatic rings. The molecule has 1 atom stereocenters. The third-order valence-corrected chi connectivity index (χ3v) is 4.58. The molecule has 1 unspecified atom stereocenters. The lowest BCUT2D eigenvalue weighted by Crippen LogP contribution is -2.44. The zero-order valence-electron chi connectivity index (χ0n) is 12.4.